The molecule has 0 fully saturated rings. The summed E-state index contributed by atoms with van der Waals surface area (Å²) in [7, 11) is 1.46. The minimum Gasteiger partial charge on any atom is -0.495 e. The second kappa shape index (κ2) is 5.98. The lowest BCUT2D eigenvalue weighted by molar-refractivity contribution is 0.407. The van der Waals surface area contributed by atoms with Crippen molar-refractivity contribution >= 4 is 44.4 Å². The van der Waals surface area contributed by atoms with Crippen molar-refractivity contribution in [2.24, 2.45) is 5.10 Å². The number of methoxy groups -OCH3 is 1. The smallest absolute Gasteiger partial charge is 0.205 e. The predicted octanol–water partition coefficient (Wildman–Crippen LogP) is 3.08. The Balaban J connectivity index is 2.17. The van der Waals surface area contributed by atoms with Crippen molar-refractivity contribution in [2.75, 3.05) is 18.3 Å². The largest absolute Gasteiger partial charge is 0.495 e. The summed E-state index contributed by atoms with van der Waals surface area (Å²) in [6.45, 7) is 0. The monoisotopic (exact) mass is 344 g/mol. The van der Waals surface area contributed by atoms with Gasteiger partial charge in [-0.05, 0) is 28.1 Å². The molecule has 0 amide bonds. The van der Waals surface area contributed by atoms with Gasteiger partial charge in [-0.15, -0.1) is 11.3 Å². The molecule has 0 saturated carbocycles. The number of hydrogen-bond acceptors (Lipinski definition) is 6. The van der Waals surface area contributed by atoms with E-state index < -0.39 is 5.82 Å². The Hall–Kier alpha value is -1.67. The lowest BCUT2D eigenvalue weighted by Gasteiger charge is -2.07. The molecular formula is C11H10BrFN4OS. The molecular weight excluding hydrogens is 335 g/mol. The molecule has 1 aromatic heterocycles. The molecule has 0 aliphatic heterocycles. The first kappa shape index (κ1) is 13.8. The summed E-state index contributed by atoms with van der Waals surface area (Å²) >= 11 is 4.46. The van der Waals surface area contributed by atoms with E-state index in [-0.39, 0.29) is 4.47 Å². The van der Waals surface area contributed by atoms with E-state index in [9.17, 15) is 4.39 Å². The van der Waals surface area contributed by atoms with E-state index in [0.717, 1.165) is 0 Å². The quantitative estimate of drug-likeness (QED) is 0.660. The normalized spacial score (nSPS) is 10.9. The lowest BCUT2D eigenvalue weighted by Crippen LogP contribution is -1.96. The van der Waals surface area contributed by atoms with Crippen LogP contribution in [0.25, 0.3) is 0 Å². The first-order chi connectivity index (χ1) is 9.11. The van der Waals surface area contributed by atoms with Crippen LogP contribution in [0.15, 0.2) is 27.1 Å². The van der Waals surface area contributed by atoms with E-state index in [1.807, 2.05) is 0 Å². The highest BCUT2D eigenvalue weighted by atomic mass is 79.9. The SMILES string of the molecule is COc1c(C=NNc2nc(N)cs2)ccc(F)c1Br. The third-order valence-corrected chi connectivity index (χ3v) is 3.67. The van der Waals surface area contributed by atoms with Gasteiger partial charge < -0.3 is 10.5 Å². The number of nitrogen functional groups attached to an aromatic ring is 1. The number of rotatable bonds is 4. The van der Waals surface area contributed by atoms with Crippen LogP contribution in [0.5, 0.6) is 5.75 Å². The number of hydrazone groups is 1. The second-order valence-corrected chi connectivity index (χ2v) is 5.08. The van der Waals surface area contributed by atoms with Crippen LogP contribution in [-0.2, 0) is 0 Å². The van der Waals surface area contributed by atoms with Crippen LogP contribution in [0.3, 0.4) is 0 Å². The van der Waals surface area contributed by atoms with Crippen molar-refractivity contribution in [3.8, 4) is 5.75 Å². The Morgan fingerprint density at radius 3 is 3.00 bits per heavy atom. The van der Waals surface area contributed by atoms with E-state index in [4.69, 9.17) is 10.5 Å². The van der Waals surface area contributed by atoms with Crippen LogP contribution < -0.4 is 15.9 Å². The number of ether oxygens (including phenoxy) is 1. The lowest BCUT2D eigenvalue weighted by atomic mass is 10.2. The Kier molecular flexibility index (Phi) is 4.33. The van der Waals surface area contributed by atoms with Crippen molar-refractivity contribution in [3.05, 3.63) is 33.4 Å². The number of hydrogen-bond donors (Lipinski definition) is 2. The van der Waals surface area contributed by atoms with E-state index in [2.05, 4.69) is 31.4 Å². The van der Waals surface area contributed by atoms with Crippen LogP contribution in [0, 0.1) is 5.82 Å². The standard InChI is InChI=1S/C11H10BrFN4OS/c1-18-10-6(2-3-7(13)9(10)12)4-15-17-11-16-8(14)5-19-11/h2-5H,14H2,1H3,(H,16,17). The molecule has 5 nitrogen and oxygen atoms in total. The molecule has 0 radical (unpaired) electrons. The number of halogens is 2. The van der Waals surface area contributed by atoms with E-state index >= 15 is 0 Å². The number of anilines is 2. The molecule has 2 rings (SSSR count). The Morgan fingerprint density at radius 1 is 1.58 bits per heavy atom. The maximum absolute atomic E-state index is 13.3. The van der Waals surface area contributed by atoms with Crippen molar-refractivity contribution in [3.63, 3.8) is 0 Å². The van der Waals surface area contributed by atoms with Crippen molar-refractivity contribution < 1.29 is 9.13 Å². The van der Waals surface area contributed by atoms with Gasteiger partial charge in [-0.3, -0.25) is 5.43 Å². The summed E-state index contributed by atoms with van der Waals surface area (Å²) in [4.78, 5) is 3.99. The predicted molar refractivity (Wildman–Crippen MR) is 78.4 cm³/mol. The van der Waals surface area contributed by atoms with E-state index in [0.29, 0.717) is 22.3 Å². The number of benzene rings is 1. The summed E-state index contributed by atoms with van der Waals surface area (Å²) in [5, 5.41) is 6.28. The molecule has 0 unspecified atom stereocenters. The fourth-order valence-electron chi connectivity index (χ4n) is 1.35. The van der Waals surface area contributed by atoms with Gasteiger partial charge in [0, 0.05) is 10.9 Å². The molecule has 2 aromatic rings. The fourth-order valence-corrected chi connectivity index (χ4v) is 2.42. The van der Waals surface area contributed by atoms with Crippen molar-refractivity contribution in [1.29, 1.82) is 0 Å². The number of nitrogens with zero attached hydrogens (tertiary/aromatic N) is 2. The van der Waals surface area contributed by atoms with Crippen LogP contribution in [-0.4, -0.2) is 18.3 Å². The molecule has 19 heavy (non-hydrogen) atoms. The molecule has 0 saturated heterocycles. The van der Waals surface area contributed by atoms with E-state index in [1.165, 1.54) is 30.7 Å². The van der Waals surface area contributed by atoms with Crippen LogP contribution in [0.4, 0.5) is 15.3 Å². The summed E-state index contributed by atoms with van der Waals surface area (Å²) in [5.74, 6) is 0.420. The minimum atomic E-state index is -0.394. The maximum Gasteiger partial charge on any atom is 0.205 e. The van der Waals surface area contributed by atoms with Gasteiger partial charge in [0.2, 0.25) is 5.13 Å². The van der Waals surface area contributed by atoms with Crippen LogP contribution in [0.1, 0.15) is 5.56 Å². The van der Waals surface area contributed by atoms with Gasteiger partial charge in [0.1, 0.15) is 17.4 Å². The van der Waals surface area contributed by atoms with Crippen molar-refractivity contribution in [1.82, 2.24) is 4.98 Å². The number of aromatic nitrogens is 1. The van der Waals surface area contributed by atoms with E-state index in [1.54, 1.807) is 11.4 Å². The molecule has 0 spiro atoms. The average Bonchev–Trinajstić information content (AvgIpc) is 2.80. The molecule has 0 aliphatic rings. The summed E-state index contributed by atoms with van der Waals surface area (Å²) in [6.07, 6.45) is 1.51. The molecule has 1 aromatic carbocycles. The van der Waals surface area contributed by atoms with Gasteiger partial charge in [-0.2, -0.15) is 5.10 Å². The van der Waals surface area contributed by atoms with Crippen LogP contribution in [0.2, 0.25) is 0 Å². The summed E-state index contributed by atoms with van der Waals surface area (Å²) in [6, 6.07) is 2.90. The summed E-state index contributed by atoms with van der Waals surface area (Å²) in [5.41, 5.74) is 8.85. The Labute approximate surface area is 121 Å². The third-order valence-electron chi connectivity index (χ3n) is 2.17. The van der Waals surface area contributed by atoms with Gasteiger partial charge >= 0.3 is 0 Å². The third kappa shape index (κ3) is 3.21. The van der Waals surface area contributed by atoms with Gasteiger partial charge in [0.05, 0.1) is 17.8 Å². The number of nitrogens with one attached hydrogen (secondary N) is 1. The zero-order valence-corrected chi connectivity index (χ0v) is 12.3. The molecule has 0 aliphatic carbocycles. The highest BCUT2D eigenvalue weighted by molar-refractivity contribution is 9.10. The minimum absolute atomic E-state index is 0.262. The second-order valence-electron chi connectivity index (χ2n) is 3.43. The van der Waals surface area contributed by atoms with Crippen molar-refractivity contribution in [2.45, 2.75) is 0 Å². The fraction of sp³-hybridized carbons (Fsp3) is 0.0909. The zero-order chi connectivity index (χ0) is 13.8. The Morgan fingerprint density at radius 2 is 2.37 bits per heavy atom. The molecule has 0 atom stereocenters. The number of nitrogens with two attached hydrogens (primary N) is 1. The number of thiazole rings is 1. The zero-order valence-electron chi connectivity index (χ0n) is 9.85. The van der Waals surface area contributed by atoms with Gasteiger partial charge in [-0.1, -0.05) is 0 Å². The molecule has 100 valence electrons. The molecule has 1 heterocycles. The van der Waals surface area contributed by atoms with Gasteiger partial charge in [0.25, 0.3) is 0 Å². The topological polar surface area (TPSA) is 72.5 Å². The molecule has 3 N–H and O–H groups in total. The van der Waals surface area contributed by atoms with Gasteiger partial charge in [0.15, 0.2) is 0 Å². The first-order valence-electron chi connectivity index (χ1n) is 5.14. The highest BCUT2D eigenvalue weighted by Crippen LogP contribution is 2.30. The molecule has 8 heteroatoms. The molecule has 0 bridgehead atoms. The highest BCUT2D eigenvalue weighted by Gasteiger charge is 2.10. The van der Waals surface area contributed by atoms with Crippen LogP contribution >= 0.6 is 27.3 Å². The maximum atomic E-state index is 13.3. The Bertz CT molecular complexity index is 617. The van der Waals surface area contributed by atoms with Gasteiger partial charge in [-0.25, -0.2) is 9.37 Å². The average molecular weight is 345 g/mol. The summed E-state index contributed by atoms with van der Waals surface area (Å²) < 4.78 is 18.7. The first-order valence-corrected chi connectivity index (χ1v) is 6.81.